The highest BCUT2D eigenvalue weighted by molar-refractivity contribution is 7.80. The molecule has 0 bridgehead atoms. The minimum absolute atomic E-state index is 0.0379. The number of benzene rings is 2. The Bertz CT molecular complexity index is 1370. The van der Waals surface area contributed by atoms with E-state index in [0.29, 0.717) is 21.7 Å². The van der Waals surface area contributed by atoms with E-state index in [2.05, 4.69) is 33.2 Å². The van der Waals surface area contributed by atoms with Gasteiger partial charge < -0.3 is 29.8 Å². The average Bonchev–Trinajstić information content (AvgIpc) is 3.57. The normalized spacial score (nSPS) is 12.7. The van der Waals surface area contributed by atoms with Crippen LogP contribution in [0.3, 0.4) is 0 Å². The third-order valence-corrected chi connectivity index (χ3v) is 7.06. The monoisotopic (exact) mass is 653 g/mol. The number of amides is 4. The molecular weight excluding hydrogens is 614 g/mol. The van der Waals surface area contributed by atoms with Crippen LogP contribution in [0.15, 0.2) is 73.2 Å². The fourth-order valence-electron chi connectivity index (χ4n) is 4.38. The molecule has 1 aromatic heterocycles. The van der Waals surface area contributed by atoms with E-state index in [1.165, 1.54) is 19.6 Å². The second-order valence-corrected chi connectivity index (χ2v) is 11.1. The van der Waals surface area contributed by atoms with Gasteiger partial charge in [0.25, 0.3) is 0 Å². The molecular formula is C32H39N5O8S. The number of esters is 1. The molecule has 3 aromatic rings. The highest BCUT2D eigenvalue weighted by Gasteiger charge is 2.39. The summed E-state index contributed by atoms with van der Waals surface area (Å²) >= 11 is 4.26. The van der Waals surface area contributed by atoms with Gasteiger partial charge in [-0.05, 0) is 23.5 Å². The number of hydrogen-bond donors (Lipinski definition) is 4. The summed E-state index contributed by atoms with van der Waals surface area (Å²) in [6, 6.07) is 13.8. The number of aromatic amines is 1. The quantitative estimate of drug-likeness (QED) is 0.109. The van der Waals surface area contributed by atoms with Crippen LogP contribution in [0.1, 0.15) is 37.1 Å². The zero-order chi connectivity index (χ0) is 33.5. The summed E-state index contributed by atoms with van der Waals surface area (Å²) in [6.45, 7) is 3.40. The van der Waals surface area contributed by atoms with Gasteiger partial charge in [-0.1, -0.05) is 74.5 Å². The molecule has 1 heterocycles. The summed E-state index contributed by atoms with van der Waals surface area (Å²) in [6.07, 6.45) is 0.830. The Morgan fingerprint density at radius 3 is 1.85 bits per heavy atom. The van der Waals surface area contributed by atoms with Crippen molar-refractivity contribution in [3.8, 4) is 0 Å². The van der Waals surface area contributed by atoms with Crippen LogP contribution in [0.2, 0.25) is 0 Å². The molecule has 0 unspecified atom stereocenters. The second kappa shape index (κ2) is 18.2. The number of aromatic nitrogens is 2. The van der Waals surface area contributed by atoms with Gasteiger partial charge in [0.2, 0.25) is 11.8 Å². The van der Waals surface area contributed by atoms with Crippen molar-refractivity contribution in [1.82, 2.24) is 25.5 Å². The molecule has 46 heavy (non-hydrogen) atoms. The largest absolute Gasteiger partial charge is 0.467 e. The molecule has 14 heteroatoms. The van der Waals surface area contributed by atoms with E-state index < -0.39 is 48.1 Å². The molecule has 0 saturated carbocycles. The molecule has 0 spiro atoms. The maximum Gasteiger partial charge on any atom is 0.420 e. The van der Waals surface area contributed by atoms with Crippen LogP contribution in [-0.2, 0) is 48.2 Å². The summed E-state index contributed by atoms with van der Waals surface area (Å²) in [7, 11) is 1.21. The highest BCUT2D eigenvalue weighted by Crippen LogP contribution is 2.14. The van der Waals surface area contributed by atoms with Crippen LogP contribution in [0, 0.1) is 5.92 Å². The highest BCUT2D eigenvalue weighted by atomic mass is 32.1. The van der Waals surface area contributed by atoms with E-state index >= 15 is 0 Å². The standard InChI is InChI=1S/C32H39N5O8S/c1-21(2)14-26(30(40)43-3)36-28(38)25(15-24-16-33-20-34-24)35-29(39)27(19-46)37(31(41)44-17-22-10-6-4-7-11-22)32(42)45-18-23-12-8-5-9-13-23/h4-13,16,20-21,25-27,46H,14-15,17-19H2,1-3H3,(H,33,34)(H,35,39)(H,36,38)/t25-,26-,27+/m0/s1. The van der Waals surface area contributed by atoms with Crippen molar-refractivity contribution >= 4 is 42.6 Å². The Kier molecular flexibility index (Phi) is 14.1. The lowest BCUT2D eigenvalue weighted by atomic mass is 10.0. The van der Waals surface area contributed by atoms with Gasteiger partial charge >= 0.3 is 18.2 Å². The maximum absolute atomic E-state index is 13.8. The fourth-order valence-corrected chi connectivity index (χ4v) is 4.71. The summed E-state index contributed by atoms with van der Waals surface area (Å²) in [5.74, 6) is -2.52. The molecule has 0 aliphatic rings. The van der Waals surface area contributed by atoms with Crippen LogP contribution in [0.4, 0.5) is 9.59 Å². The van der Waals surface area contributed by atoms with Crippen molar-refractivity contribution in [2.75, 3.05) is 12.9 Å². The molecule has 3 atom stereocenters. The van der Waals surface area contributed by atoms with E-state index in [1.807, 2.05) is 13.8 Å². The number of carbonyl (C=O) groups is 5. The SMILES string of the molecule is COC(=O)[C@H](CC(C)C)NC(=O)[C@H](Cc1cnc[nH]1)NC(=O)[C@@H](CS)N(C(=O)OCc1ccccc1)C(=O)OCc1ccccc1. The molecule has 0 aliphatic carbocycles. The first kappa shape index (κ1) is 35.6. The number of H-pyrrole nitrogens is 1. The zero-order valence-electron chi connectivity index (χ0n) is 25.9. The topological polar surface area (TPSA) is 169 Å². The minimum atomic E-state index is -1.54. The lowest BCUT2D eigenvalue weighted by molar-refractivity contribution is -0.145. The van der Waals surface area contributed by atoms with E-state index in [0.717, 1.165) is 0 Å². The van der Waals surface area contributed by atoms with Crippen LogP contribution in [-0.4, -0.2) is 75.8 Å². The molecule has 2 aromatic carbocycles. The van der Waals surface area contributed by atoms with Gasteiger partial charge in [0.05, 0.1) is 13.4 Å². The third-order valence-electron chi connectivity index (χ3n) is 6.71. The smallest absolute Gasteiger partial charge is 0.420 e. The Labute approximate surface area is 272 Å². The zero-order valence-corrected chi connectivity index (χ0v) is 26.8. The van der Waals surface area contributed by atoms with Gasteiger partial charge in [-0.25, -0.2) is 19.4 Å². The second-order valence-electron chi connectivity index (χ2n) is 10.7. The van der Waals surface area contributed by atoms with Crippen LogP contribution in [0.25, 0.3) is 0 Å². The lowest BCUT2D eigenvalue weighted by Crippen LogP contribution is -2.59. The van der Waals surface area contributed by atoms with Crippen molar-refractivity contribution in [2.45, 2.75) is 58.0 Å². The number of thiol groups is 1. The first-order valence-corrected chi connectivity index (χ1v) is 15.2. The third kappa shape index (κ3) is 10.9. The Morgan fingerprint density at radius 1 is 0.848 bits per heavy atom. The number of rotatable bonds is 15. The van der Waals surface area contributed by atoms with Crippen molar-refractivity contribution < 1.29 is 38.2 Å². The van der Waals surface area contributed by atoms with E-state index in [9.17, 15) is 24.0 Å². The number of methoxy groups -OCH3 is 1. The summed E-state index contributed by atoms with van der Waals surface area (Å²) < 4.78 is 15.6. The van der Waals surface area contributed by atoms with Crippen LogP contribution < -0.4 is 10.6 Å². The molecule has 0 fully saturated rings. The number of nitrogens with one attached hydrogen (secondary N) is 3. The number of ether oxygens (including phenoxy) is 3. The van der Waals surface area contributed by atoms with E-state index in [1.54, 1.807) is 60.7 Å². The Hall–Kier alpha value is -4.85. The maximum atomic E-state index is 13.8. The predicted octanol–water partition coefficient (Wildman–Crippen LogP) is 3.41. The number of imide groups is 1. The van der Waals surface area contributed by atoms with Crippen molar-refractivity contribution in [2.24, 2.45) is 5.92 Å². The number of carbonyl (C=O) groups excluding carboxylic acids is 5. The van der Waals surface area contributed by atoms with Gasteiger partial charge in [-0.15, -0.1) is 0 Å². The lowest BCUT2D eigenvalue weighted by Gasteiger charge is -2.29. The molecule has 3 rings (SSSR count). The first-order valence-electron chi connectivity index (χ1n) is 14.6. The number of hydrogen-bond acceptors (Lipinski definition) is 10. The number of imidazole rings is 1. The Balaban J connectivity index is 1.85. The van der Waals surface area contributed by atoms with Crippen molar-refractivity contribution in [3.05, 3.63) is 90.0 Å². The summed E-state index contributed by atoms with van der Waals surface area (Å²) in [5, 5.41) is 5.25. The molecule has 246 valence electrons. The molecule has 0 aliphatic heterocycles. The fraction of sp³-hybridized carbons (Fsp3) is 0.375. The van der Waals surface area contributed by atoms with Gasteiger partial charge in [0.1, 0.15) is 31.3 Å². The minimum Gasteiger partial charge on any atom is -0.467 e. The number of nitrogens with zero attached hydrogens (tertiary/aromatic N) is 2. The summed E-state index contributed by atoms with van der Waals surface area (Å²) in [5.41, 5.74) is 1.80. The van der Waals surface area contributed by atoms with Gasteiger partial charge in [0, 0.05) is 24.1 Å². The summed E-state index contributed by atoms with van der Waals surface area (Å²) in [4.78, 5) is 73.7. The van der Waals surface area contributed by atoms with Gasteiger partial charge in [0.15, 0.2) is 0 Å². The van der Waals surface area contributed by atoms with Gasteiger partial charge in [-0.3, -0.25) is 9.59 Å². The van der Waals surface area contributed by atoms with E-state index in [-0.39, 0.29) is 37.7 Å². The van der Waals surface area contributed by atoms with Crippen molar-refractivity contribution in [1.29, 1.82) is 0 Å². The molecule has 4 amide bonds. The van der Waals surface area contributed by atoms with E-state index in [4.69, 9.17) is 14.2 Å². The average molecular weight is 654 g/mol. The Morgan fingerprint density at radius 2 is 1.39 bits per heavy atom. The molecule has 3 N–H and O–H groups in total. The van der Waals surface area contributed by atoms with Gasteiger partial charge in [-0.2, -0.15) is 17.5 Å². The molecule has 0 saturated heterocycles. The molecule has 13 nitrogen and oxygen atoms in total. The molecule has 0 radical (unpaired) electrons. The van der Waals surface area contributed by atoms with Crippen LogP contribution in [0.5, 0.6) is 0 Å². The van der Waals surface area contributed by atoms with Crippen molar-refractivity contribution in [3.63, 3.8) is 0 Å². The van der Waals surface area contributed by atoms with Crippen LogP contribution >= 0.6 is 12.6 Å². The predicted molar refractivity (Wildman–Crippen MR) is 170 cm³/mol. The first-order chi connectivity index (χ1) is 22.1.